The van der Waals surface area contributed by atoms with Gasteiger partial charge in [0, 0.05) is 0 Å². The van der Waals surface area contributed by atoms with Gasteiger partial charge in [0.1, 0.15) is 0 Å². The summed E-state index contributed by atoms with van der Waals surface area (Å²) in [4.78, 5) is 0. The molecule has 0 spiro atoms. The minimum absolute atomic E-state index is 0.644. The Kier molecular flexibility index (Phi) is 3.65. The van der Waals surface area contributed by atoms with Crippen molar-refractivity contribution < 1.29 is 4.74 Å². The van der Waals surface area contributed by atoms with Gasteiger partial charge in [-0.15, -0.1) is 0 Å². The van der Waals surface area contributed by atoms with Gasteiger partial charge in [-0.25, -0.2) is 0 Å². The van der Waals surface area contributed by atoms with Crippen LogP contribution in [0.25, 0.3) is 0 Å². The molecular formula is C7H13OTe+. The van der Waals surface area contributed by atoms with Gasteiger partial charge in [-0.2, -0.15) is 0 Å². The fraction of sp³-hybridized carbons (Fsp3) is 0.714. The second-order valence-corrected chi connectivity index (χ2v) is 8.87. The third kappa shape index (κ3) is 2.71. The summed E-state index contributed by atoms with van der Waals surface area (Å²) >= 11 is -0.644. The van der Waals surface area contributed by atoms with Crippen molar-refractivity contribution in [1.29, 1.82) is 0 Å². The second-order valence-electron chi connectivity index (χ2n) is 2.09. The predicted octanol–water partition coefficient (Wildman–Crippen LogP) is 1.70. The van der Waals surface area contributed by atoms with E-state index < -0.39 is 19.6 Å². The quantitative estimate of drug-likeness (QED) is 0.528. The van der Waals surface area contributed by atoms with Gasteiger partial charge in [0.15, 0.2) is 0 Å². The number of hydrogen-bond donors (Lipinski definition) is 0. The Bertz CT molecular complexity index is 86.9. The van der Waals surface area contributed by atoms with Gasteiger partial charge >= 0.3 is 63.6 Å². The molecule has 1 nitrogen and oxygen atoms in total. The van der Waals surface area contributed by atoms with Crippen LogP contribution in [0, 0.1) is 0 Å². The van der Waals surface area contributed by atoms with Crippen molar-refractivity contribution in [1.82, 2.24) is 0 Å². The maximum atomic E-state index is 5.25. The molecule has 0 saturated carbocycles. The van der Waals surface area contributed by atoms with E-state index in [1.54, 1.807) is 0 Å². The summed E-state index contributed by atoms with van der Waals surface area (Å²) < 4.78 is 9.39. The average molecular weight is 241 g/mol. The van der Waals surface area contributed by atoms with Gasteiger partial charge in [-0.3, -0.25) is 0 Å². The van der Waals surface area contributed by atoms with E-state index in [1.807, 2.05) is 0 Å². The summed E-state index contributed by atoms with van der Waals surface area (Å²) in [5.41, 5.74) is 0. The van der Waals surface area contributed by atoms with Crippen molar-refractivity contribution in [2.45, 2.75) is 13.4 Å². The van der Waals surface area contributed by atoms with E-state index in [4.69, 9.17) is 4.74 Å². The van der Waals surface area contributed by atoms with E-state index in [0.29, 0.717) is 0 Å². The number of ether oxygens (including phenoxy) is 1. The molecule has 9 heavy (non-hydrogen) atoms. The van der Waals surface area contributed by atoms with Crippen LogP contribution in [0.2, 0.25) is 13.4 Å². The molecule has 0 unspecified atom stereocenters. The minimum atomic E-state index is -0.644. The normalized spacial score (nSPS) is 21.8. The molecule has 0 N–H and O–H groups in total. The van der Waals surface area contributed by atoms with Crippen LogP contribution in [0.5, 0.6) is 0 Å². The van der Waals surface area contributed by atoms with Crippen molar-refractivity contribution >= 4 is 19.6 Å². The summed E-state index contributed by atoms with van der Waals surface area (Å²) in [6, 6.07) is 0. The summed E-state index contributed by atoms with van der Waals surface area (Å²) in [5.74, 6) is 0. The fourth-order valence-corrected chi connectivity index (χ4v) is 5.39. The van der Waals surface area contributed by atoms with Crippen LogP contribution < -0.4 is 0 Å². The Hall–Kier alpha value is 0.490. The van der Waals surface area contributed by atoms with Crippen LogP contribution in [0.15, 0.2) is 12.7 Å². The van der Waals surface area contributed by atoms with Gasteiger partial charge in [-0.05, 0) is 0 Å². The second kappa shape index (κ2) is 4.33. The molecule has 52 valence electrons. The summed E-state index contributed by atoms with van der Waals surface area (Å²) in [6.07, 6.45) is 2.09. The van der Waals surface area contributed by atoms with Crippen LogP contribution in [0.1, 0.15) is 0 Å². The zero-order chi connectivity index (χ0) is 6.53. The first-order valence-corrected chi connectivity index (χ1v) is 8.20. The SMILES string of the molecule is C=CC[Te+]1CCOCC1. The van der Waals surface area contributed by atoms with Crippen LogP contribution in [-0.4, -0.2) is 32.8 Å². The number of allylic oxidation sites excluding steroid dienone is 1. The van der Waals surface area contributed by atoms with Crippen LogP contribution in [-0.2, 0) is 4.74 Å². The van der Waals surface area contributed by atoms with E-state index in [0.717, 1.165) is 13.2 Å². The molecule has 0 amide bonds. The summed E-state index contributed by atoms with van der Waals surface area (Å²) in [6.45, 7) is 5.82. The van der Waals surface area contributed by atoms with Gasteiger partial charge in [0.05, 0.1) is 0 Å². The van der Waals surface area contributed by atoms with Crippen LogP contribution in [0.3, 0.4) is 0 Å². The first-order valence-electron chi connectivity index (χ1n) is 3.26. The predicted molar refractivity (Wildman–Crippen MR) is 41.2 cm³/mol. The van der Waals surface area contributed by atoms with Crippen molar-refractivity contribution in [3.05, 3.63) is 12.7 Å². The van der Waals surface area contributed by atoms with Gasteiger partial charge in [0.25, 0.3) is 0 Å². The average Bonchev–Trinajstić information content (AvgIpc) is 1.91. The molecule has 0 atom stereocenters. The summed E-state index contributed by atoms with van der Waals surface area (Å²) in [7, 11) is 0. The third-order valence-electron chi connectivity index (χ3n) is 1.39. The zero-order valence-corrected chi connectivity index (χ0v) is 7.97. The zero-order valence-electron chi connectivity index (χ0n) is 5.64. The van der Waals surface area contributed by atoms with E-state index >= 15 is 0 Å². The molecule has 0 radical (unpaired) electrons. The maximum absolute atomic E-state index is 5.25. The molecule has 1 rings (SSSR count). The summed E-state index contributed by atoms with van der Waals surface area (Å²) in [5, 5.41) is 0. The molecule has 0 aromatic heterocycles. The van der Waals surface area contributed by atoms with Crippen molar-refractivity contribution in [2.75, 3.05) is 13.2 Å². The molecule has 1 saturated heterocycles. The Morgan fingerprint density at radius 3 is 2.67 bits per heavy atom. The van der Waals surface area contributed by atoms with E-state index in [9.17, 15) is 0 Å². The van der Waals surface area contributed by atoms with Crippen LogP contribution in [0.4, 0.5) is 0 Å². The van der Waals surface area contributed by atoms with Crippen molar-refractivity contribution in [3.8, 4) is 0 Å². The molecule has 1 fully saturated rings. The Morgan fingerprint density at radius 1 is 1.44 bits per heavy atom. The number of rotatable bonds is 2. The standard InChI is InChI=1S/C7H13OTe/c1-2-5-9-6-3-8-4-7-9/h2H,1,3-7H2/q+1. The van der Waals surface area contributed by atoms with Gasteiger partial charge in [0.2, 0.25) is 0 Å². The molecule has 1 heterocycles. The van der Waals surface area contributed by atoms with Gasteiger partial charge < -0.3 is 0 Å². The Morgan fingerprint density at radius 2 is 2.11 bits per heavy atom. The molecule has 0 aromatic carbocycles. The van der Waals surface area contributed by atoms with E-state index in [-0.39, 0.29) is 0 Å². The Balaban J connectivity index is 2.15. The fourth-order valence-electron chi connectivity index (χ4n) is 0.891. The molecule has 1 aliphatic rings. The molecule has 1 aliphatic heterocycles. The van der Waals surface area contributed by atoms with Crippen molar-refractivity contribution in [2.24, 2.45) is 0 Å². The number of hydrogen-bond acceptors (Lipinski definition) is 1. The topological polar surface area (TPSA) is 9.23 Å². The first kappa shape index (κ1) is 7.59. The van der Waals surface area contributed by atoms with Crippen molar-refractivity contribution in [3.63, 3.8) is 0 Å². The Labute approximate surface area is 63.7 Å². The van der Waals surface area contributed by atoms with E-state index in [1.165, 1.54) is 13.4 Å². The molecule has 0 bridgehead atoms. The molecule has 0 aromatic rings. The monoisotopic (exact) mass is 243 g/mol. The van der Waals surface area contributed by atoms with E-state index in [2.05, 4.69) is 12.7 Å². The molecular weight excluding hydrogens is 228 g/mol. The molecule has 2 heteroatoms. The third-order valence-corrected chi connectivity index (χ3v) is 7.65. The molecule has 0 aliphatic carbocycles. The van der Waals surface area contributed by atoms with Gasteiger partial charge in [-0.1, -0.05) is 0 Å². The first-order chi connectivity index (χ1) is 4.43. The van der Waals surface area contributed by atoms with Crippen LogP contribution >= 0.6 is 0 Å².